The summed E-state index contributed by atoms with van der Waals surface area (Å²) in [7, 11) is -1.84. The highest BCUT2D eigenvalue weighted by Crippen LogP contribution is 2.60. The first-order valence-electron chi connectivity index (χ1n) is 49.7. The molecule has 0 radical (unpaired) electrons. The van der Waals surface area contributed by atoms with Gasteiger partial charge in [0.2, 0.25) is 0 Å². The van der Waals surface area contributed by atoms with Crippen LogP contribution in [-0.2, 0) is 29.1 Å². The number of rotatable bonds is 6. The maximum absolute atomic E-state index is 2.65. The van der Waals surface area contributed by atoms with Crippen molar-refractivity contribution in [3.05, 3.63) is 473 Å². The lowest BCUT2D eigenvalue weighted by molar-refractivity contribution is 0.660. The highest BCUT2D eigenvalue weighted by Gasteiger charge is 2.49. The number of anilines is 9. The molecule has 4 heterocycles. The van der Waals surface area contributed by atoms with Crippen LogP contribution in [0.2, 0.25) is 12.1 Å². The fourth-order valence-electron chi connectivity index (χ4n) is 26.0. The fraction of sp³-hybridized carbons (Fsp3) is 0.134. The Labute approximate surface area is 811 Å². The molecule has 0 unspecified atom stereocenters. The van der Waals surface area contributed by atoms with Crippen molar-refractivity contribution in [2.24, 2.45) is 0 Å². The largest absolute Gasteiger partial charge is 0.309 e. The van der Waals surface area contributed by atoms with Crippen LogP contribution in [0.1, 0.15) is 127 Å². The monoisotopic (exact) mass is 1790 g/mol. The van der Waals surface area contributed by atoms with Gasteiger partial charge in [-0.25, -0.2) is 0 Å². The number of nitrogens with zero attached hydrogens (tertiary/aromatic N) is 3. The second kappa shape index (κ2) is 31.8. The van der Waals surface area contributed by atoms with Crippen molar-refractivity contribution in [1.29, 1.82) is 0 Å². The van der Waals surface area contributed by atoms with Gasteiger partial charge in [0.1, 0.15) is 8.07 Å². The van der Waals surface area contributed by atoms with Crippen LogP contribution >= 0.6 is 0 Å². The molecular formula is C134H107N3Si. The van der Waals surface area contributed by atoms with Gasteiger partial charge in [0.05, 0.1) is 28.4 Å². The van der Waals surface area contributed by atoms with Crippen molar-refractivity contribution < 1.29 is 0 Å². The Morgan fingerprint density at radius 3 is 0.848 bits per heavy atom. The van der Waals surface area contributed by atoms with E-state index < -0.39 is 8.07 Å². The summed E-state index contributed by atoms with van der Waals surface area (Å²) in [5.41, 5.74) is 44.9. The van der Waals surface area contributed by atoms with Gasteiger partial charge < -0.3 is 14.7 Å². The van der Waals surface area contributed by atoms with Crippen molar-refractivity contribution in [1.82, 2.24) is 0 Å². The van der Waals surface area contributed by atoms with E-state index in [9.17, 15) is 0 Å². The van der Waals surface area contributed by atoms with E-state index in [4.69, 9.17) is 0 Å². The average molecular weight is 1790 g/mol. The van der Waals surface area contributed by atoms with Crippen molar-refractivity contribution in [3.63, 3.8) is 0 Å². The quantitative estimate of drug-likeness (QED) is 0.121. The van der Waals surface area contributed by atoms with E-state index in [1.165, 1.54) is 280 Å². The number of benzene rings is 21. The first-order valence-corrected chi connectivity index (χ1v) is 52.1. The molecular weight excluding hydrogens is 1680 g/mol. The van der Waals surface area contributed by atoms with Gasteiger partial charge in [-0.15, -0.1) is 0 Å². The zero-order chi connectivity index (χ0) is 92.8. The van der Waals surface area contributed by atoms with E-state index in [2.05, 4.69) is 490 Å². The summed E-state index contributed by atoms with van der Waals surface area (Å²) in [5.74, 6) is 0. The van der Waals surface area contributed by atoms with Gasteiger partial charge >= 0.3 is 0 Å². The Morgan fingerprint density at radius 2 is 0.486 bits per heavy atom. The minimum atomic E-state index is -1.84. The van der Waals surface area contributed by atoms with Gasteiger partial charge in [0.25, 0.3) is 0 Å². The van der Waals surface area contributed by atoms with E-state index in [0.717, 1.165) is 12.8 Å². The molecule has 7 aliphatic rings. The smallest absolute Gasteiger partial charge is 0.123 e. The van der Waals surface area contributed by atoms with Crippen molar-refractivity contribution in [3.8, 4) is 66.8 Å². The molecule has 4 aliphatic heterocycles. The third-order valence-electron chi connectivity index (χ3n) is 32.4. The zero-order valence-electron chi connectivity index (χ0n) is 79.8. The second-order valence-corrected chi connectivity index (χ2v) is 45.5. The van der Waals surface area contributed by atoms with Crippen LogP contribution in [0.4, 0.5) is 51.2 Å². The fourth-order valence-corrected chi connectivity index (χ4v) is 31.5. The Kier molecular flexibility index (Phi) is 19.2. The molecule has 138 heavy (non-hydrogen) atoms. The van der Waals surface area contributed by atoms with Crippen LogP contribution < -0.4 is 25.1 Å². The van der Waals surface area contributed by atoms with E-state index in [0.29, 0.717) is 0 Å². The highest BCUT2D eigenvalue weighted by atomic mass is 28.3. The lowest BCUT2D eigenvalue weighted by Crippen LogP contribution is -2.60. The molecule has 21 aromatic rings. The van der Waals surface area contributed by atoms with Gasteiger partial charge in [0, 0.05) is 71.3 Å². The SMILES string of the molecule is Cc1ccc2c(N3c4ccccc4C=Cc4ccccc43)c3ccccc3c(-c3ccc4c(c3)-c3ccccc3C4(C)C)c2c1.Cc1ccc2c(N3c4ccccc4CCc4ccccc43)c3ccccc3c(-c3ccc4c(c3)-c3ccccc3C4(C)C)c2c1.Cc1ccc2c(N3c4ccccc4[Si]4(CCCC4)c4ccccc43)c3ccccc3c(-c3ccc4c(c3)-c3ccccc3C4(C)C)c2c1. The van der Waals surface area contributed by atoms with Gasteiger partial charge in [0.15, 0.2) is 0 Å². The number of aryl methyl sites for hydroxylation is 5. The third kappa shape index (κ3) is 12.6. The molecule has 0 atom stereocenters. The molecule has 0 amide bonds. The van der Waals surface area contributed by atoms with Crippen LogP contribution in [0.25, 0.3) is 144 Å². The van der Waals surface area contributed by atoms with Crippen LogP contribution in [0.5, 0.6) is 0 Å². The molecule has 0 bridgehead atoms. The molecule has 1 spiro atoms. The molecule has 3 nitrogen and oxygen atoms in total. The minimum absolute atomic E-state index is 0.00985. The topological polar surface area (TPSA) is 9.72 Å². The van der Waals surface area contributed by atoms with Gasteiger partial charge in [-0.2, -0.15) is 0 Å². The summed E-state index contributed by atoms with van der Waals surface area (Å²) in [6.07, 6.45) is 9.25. The third-order valence-corrected chi connectivity index (χ3v) is 37.8. The van der Waals surface area contributed by atoms with Crippen LogP contribution in [0.3, 0.4) is 0 Å². The van der Waals surface area contributed by atoms with Crippen LogP contribution in [0, 0.1) is 20.8 Å². The molecule has 4 heteroatoms. The summed E-state index contributed by atoms with van der Waals surface area (Å²) in [5, 5.41) is 18.7. The molecule has 662 valence electrons. The Hall–Kier alpha value is -15.5. The minimum Gasteiger partial charge on any atom is -0.309 e. The second-order valence-electron chi connectivity index (χ2n) is 41.3. The van der Waals surface area contributed by atoms with E-state index in [-0.39, 0.29) is 16.2 Å². The summed E-state index contributed by atoms with van der Waals surface area (Å²) >= 11 is 0. The Morgan fingerprint density at radius 1 is 0.217 bits per heavy atom. The summed E-state index contributed by atoms with van der Waals surface area (Å²) in [6, 6.07) is 154. The van der Waals surface area contributed by atoms with Crippen molar-refractivity contribution >= 4 is 146 Å². The zero-order valence-corrected chi connectivity index (χ0v) is 80.8. The van der Waals surface area contributed by atoms with Gasteiger partial charge in [-0.3, -0.25) is 0 Å². The lowest BCUT2D eigenvalue weighted by atomic mass is 9.81. The predicted molar refractivity (Wildman–Crippen MR) is 592 cm³/mol. The number of fused-ring (bicyclic) bond motifs is 23. The van der Waals surface area contributed by atoms with Gasteiger partial charge in [-0.05, 0) is 265 Å². The molecule has 0 aromatic heterocycles. The van der Waals surface area contributed by atoms with Crippen molar-refractivity contribution in [2.75, 3.05) is 14.7 Å². The van der Waals surface area contributed by atoms with Crippen molar-refractivity contribution in [2.45, 2.75) is 116 Å². The average Bonchev–Trinajstić information content (AvgIpc) is 1.03. The number of hydrogen-bond acceptors (Lipinski definition) is 3. The Balaban J connectivity index is 0.000000107. The molecule has 0 saturated carbocycles. The highest BCUT2D eigenvalue weighted by molar-refractivity contribution is 7.05. The first-order chi connectivity index (χ1) is 67.5. The molecule has 0 N–H and O–H groups in total. The number of hydrogen-bond donors (Lipinski definition) is 0. The molecule has 1 saturated heterocycles. The van der Waals surface area contributed by atoms with Crippen LogP contribution in [0.15, 0.2) is 400 Å². The summed E-state index contributed by atoms with van der Waals surface area (Å²) in [4.78, 5) is 7.70. The molecule has 3 aliphatic carbocycles. The number of para-hydroxylation sites is 6. The maximum atomic E-state index is 2.65. The summed E-state index contributed by atoms with van der Waals surface area (Å²) in [6.45, 7) is 20.8. The van der Waals surface area contributed by atoms with E-state index in [1.807, 2.05) is 0 Å². The normalized spacial score (nSPS) is 15.1. The van der Waals surface area contributed by atoms with E-state index in [1.54, 1.807) is 10.4 Å². The van der Waals surface area contributed by atoms with Crippen LogP contribution in [-0.4, -0.2) is 8.07 Å². The molecule has 28 rings (SSSR count). The Bertz CT molecular complexity index is 8380. The molecule has 1 fully saturated rings. The molecule has 21 aromatic carbocycles. The maximum Gasteiger partial charge on any atom is 0.123 e. The standard InChI is InChI=1S/C46H39NSi.C44H35N.C44H33N/c1-30-22-24-35-37(28-30)44(31-23-25-39-36(29-31)32-14-6-7-17-38(32)46(39,2)3)33-15-4-5-16-34(33)45(35)47-40-18-8-10-20-42(40)48(26-12-13-27-48)43-21-11-9-19-41(43)47;2*1-28-20-24-35-37(26-28)42(31-23-25-39-36(27-31)32-14-8-9-17-38(32)44(39,2)3)33-15-6-7-16-34(33)43(35)45-40-18-10-4-12-29(40)21-22-30-13-5-11-19-41(30)45/h4-11,14-25,28-29H,12-13,26-27H2,1-3H3;4-20,23-27H,21-22H2,1-3H3;4-27H,1-3H3. The van der Waals surface area contributed by atoms with Gasteiger partial charge in [-0.1, -0.05) is 429 Å². The lowest BCUT2D eigenvalue weighted by Gasteiger charge is -2.43. The summed E-state index contributed by atoms with van der Waals surface area (Å²) < 4.78 is 0. The predicted octanol–water partition coefficient (Wildman–Crippen LogP) is 35.5. The first kappa shape index (κ1) is 83.2. The van der Waals surface area contributed by atoms with E-state index >= 15 is 0 Å².